The molecule has 1 heterocycles. The molecule has 0 bridgehead atoms. The maximum absolute atomic E-state index is 12.1. The zero-order chi connectivity index (χ0) is 15.1. The average molecular weight is 290 g/mol. The Morgan fingerprint density at radius 2 is 2.10 bits per heavy atom. The molecule has 2 N–H and O–H groups in total. The number of anilines is 1. The van der Waals surface area contributed by atoms with E-state index in [9.17, 15) is 4.79 Å². The molecule has 0 aromatic carbocycles. The van der Waals surface area contributed by atoms with Crippen LogP contribution in [0, 0.1) is 11.8 Å². The third-order valence-corrected chi connectivity index (χ3v) is 4.25. The van der Waals surface area contributed by atoms with Gasteiger partial charge in [-0.1, -0.05) is 33.1 Å². The lowest BCUT2D eigenvalue weighted by atomic mass is 9.80. The van der Waals surface area contributed by atoms with Crippen molar-refractivity contribution in [1.29, 1.82) is 0 Å². The van der Waals surface area contributed by atoms with Crippen molar-refractivity contribution in [2.45, 2.75) is 46.0 Å². The maximum Gasteiger partial charge on any atom is 0.271 e. The Morgan fingerprint density at radius 3 is 2.76 bits per heavy atom. The van der Waals surface area contributed by atoms with Gasteiger partial charge >= 0.3 is 0 Å². The number of carbonyl (C=O) groups is 1. The summed E-state index contributed by atoms with van der Waals surface area (Å²) in [7, 11) is 0. The van der Waals surface area contributed by atoms with Crippen LogP contribution >= 0.6 is 0 Å². The van der Waals surface area contributed by atoms with E-state index < -0.39 is 0 Å². The highest BCUT2D eigenvalue weighted by Gasteiger charge is 2.22. The zero-order valence-corrected chi connectivity index (χ0v) is 13.1. The van der Waals surface area contributed by atoms with Gasteiger partial charge in [0.25, 0.3) is 5.91 Å². The molecule has 21 heavy (non-hydrogen) atoms. The molecule has 1 fully saturated rings. The van der Waals surface area contributed by atoms with Gasteiger partial charge in [-0.15, -0.1) is 0 Å². The summed E-state index contributed by atoms with van der Waals surface area (Å²) in [4.78, 5) is 20.5. The molecule has 0 aliphatic heterocycles. The highest BCUT2D eigenvalue weighted by atomic mass is 16.1. The van der Waals surface area contributed by atoms with Crippen LogP contribution in [0.25, 0.3) is 0 Å². The molecule has 1 aliphatic rings. The summed E-state index contributed by atoms with van der Waals surface area (Å²) < 4.78 is 0. The fourth-order valence-electron chi connectivity index (χ4n) is 2.80. The molecule has 5 heteroatoms. The molecule has 1 aliphatic carbocycles. The van der Waals surface area contributed by atoms with Gasteiger partial charge in [0.2, 0.25) is 0 Å². The van der Waals surface area contributed by atoms with Crippen molar-refractivity contribution in [3.05, 3.63) is 18.1 Å². The van der Waals surface area contributed by atoms with E-state index in [2.05, 4.69) is 34.4 Å². The van der Waals surface area contributed by atoms with Gasteiger partial charge in [-0.25, -0.2) is 9.97 Å². The van der Waals surface area contributed by atoms with Crippen molar-refractivity contribution in [1.82, 2.24) is 15.3 Å². The lowest BCUT2D eigenvalue weighted by molar-refractivity contribution is 0.0931. The van der Waals surface area contributed by atoms with Crippen molar-refractivity contribution in [3.8, 4) is 0 Å². The van der Waals surface area contributed by atoms with E-state index in [1.807, 2.05) is 0 Å². The number of hydrogen-bond donors (Lipinski definition) is 2. The standard InChI is InChI=1S/C16H26N4O/c1-3-8-17-15-11-18-14(10-19-15)16(21)20-9-13-7-5-4-6-12(13)2/h10-13H,3-9H2,1-2H3,(H,17,19)(H,20,21). The lowest BCUT2D eigenvalue weighted by Gasteiger charge is -2.28. The van der Waals surface area contributed by atoms with Crippen molar-refractivity contribution in [2.75, 3.05) is 18.4 Å². The second kappa shape index (κ2) is 7.96. The number of hydrogen-bond acceptors (Lipinski definition) is 4. The van der Waals surface area contributed by atoms with Crippen LogP contribution in [-0.4, -0.2) is 29.0 Å². The third-order valence-electron chi connectivity index (χ3n) is 4.25. The molecule has 1 amide bonds. The van der Waals surface area contributed by atoms with Crippen LogP contribution in [0.4, 0.5) is 5.82 Å². The van der Waals surface area contributed by atoms with Crippen LogP contribution in [0.3, 0.4) is 0 Å². The van der Waals surface area contributed by atoms with Gasteiger partial charge < -0.3 is 10.6 Å². The molecular formula is C16H26N4O. The van der Waals surface area contributed by atoms with Crippen LogP contribution in [0.2, 0.25) is 0 Å². The van der Waals surface area contributed by atoms with Gasteiger partial charge in [0.05, 0.1) is 12.4 Å². The molecule has 0 spiro atoms. The van der Waals surface area contributed by atoms with E-state index in [1.54, 1.807) is 6.20 Å². The van der Waals surface area contributed by atoms with Crippen LogP contribution < -0.4 is 10.6 Å². The van der Waals surface area contributed by atoms with E-state index in [-0.39, 0.29) is 5.91 Å². The van der Waals surface area contributed by atoms with Gasteiger partial charge in [0.1, 0.15) is 11.5 Å². The number of nitrogens with zero attached hydrogens (tertiary/aromatic N) is 2. The first-order valence-corrected chi connectivity index (χ1v) is 8.04. The fraction of sp³-hybridized carbons (Fsp3) is 0.688. The molecule has 5 nitrogen and oxygen atoms in total. The van der Waals surface area contributed by atoms with Gasteiger partial charge in [-0.2, -0.15) is 0 Å². The number of aromatic nitrogens is 2. The monoisotopic (exact) mass is 290 g/mol. The van der Waals surface area contributed by atoms with Gasteiger partial charge in [0, 0.05) is 13.1 Å². The molecule has 2 atom stereocenters. The van der Waals surface area contributed by atoms with Gasteiger partial charge in [-0.3, -0.25) is 4.79 Å². The van der Waals surface area contributed by atoms with Crippen LogP contribution in [0.5, 0.6) is 0 Å². The predicted molar refractivity (Wildman–Crippen MR) is 84.3 cm³/mol. The summed E-state index contributed by atoms with van der Waals surface area (Å²) in [6, 6.07) is 0. The van der Waals surface area contributed by atoms with E-state index in [1.165, 1.54) is 31.9 Å². The molecule has 0 saturated heterocycles. The summed E-state index contributed by atoms with van der Waals surface area (Å²) in [6.45, 7) is 5.98. The van der Waals surface area contributed by atoms with Crippen LogP contribution in [-0.2, 0) is 0 Å². The van der Waals surface area contributed by atoms with Gasteiger partial charge in [0.15, 0.2) is 0 Å². The predicted octanol–water partition coefficient (Wildman–Crippen LogP) is 2.85. The average Bonchev–Trinajstić information content (AvgIpc) is 2.52. The van der Waals surface area contributed by atoms with Crippen molar-refractivity contribution >= 4 is 11.7 Å². The minimum Gasteiger partial charge on any atom is -0.369 e. The molecular weight excluding hydrogens is 264 g/mol. The second-order valence-electron chi connectivity index (χ2n) is 5.95. The highest BCUT2D eigenvalue weighted by Crippen LogP contribution is 2.28. The largest absolute Gasteiger partial charge is 0.369 e. The van der Waals surface area contributed by atoms with Crippen LogP contribution in [0.15, 0.2) is 12.4 Å². The van der Waals surface area contributed by atoms with E-state index in [0.717, 1.165) is 19.5 Å². The molecule has 1 aromatic rings. The quantitative estimate of drug-likeness (QED) is 0.845. The molecule has 1 saturated carbocycles. The molecule has 2 rings (SSSR count). The van der Waals surface area contributed by atoms with Gasteiger partial charge in [-0.05, 0) is 24.7 Å². The normalized spacial score (nSPS) is 21.8. The van der Waals surface area contributed by atoms with Crippen LogP contribution in [0.1, 0.15) is 56.4 Å². The summed E-state index contributed by atoms with van der Waals surface area (Å²) in [5.74, 6) is 1.89. The summed E-state index contributed by atoms with van der Waals surface area (Å²) in [5, 5.41) is 6.14. The Morgan fingerprint density at radius 1 is 1.29 bits per heavy atom. The van der Waals surface area contributed by atoms with Crippen molar-refractivity contribution in [3.63, 3.8) is 0 Å². The Balaban J connectivity index is 1.82. The maximum atomic E-state index is 12.1. The van der Waals surface area contributed by atoms with Crippen molar-refractivity contribution in [2.24, 2.45) is 11.8 Å². The Kier molecular flexibility index (Phi) is 5.96. The summed E-state index contributed by atoms with van der Waals surface area (Å²) in [6.07, 6.45) is 9.28. The third kappa shape index (κ3) is 4.69. The smallest absolute Gasteiger partial charge is 0.271 e. The van der Waals surface area contributed by atoms with E-state index in [4.69, 9.17) is 0 Å². The first kappa shape index (κ1) is 15.7. The summed E-state index contributed by atoms with van der Waals surface area (Å²) in [5.41, 5.74) is 0.389. The van der Waals surface area contributed by atoms with E-state index in [0.29, 0.717) is 23.3 Å². The molecule has 116 valence electrons. The minimum atomic E-state index is -0.123. The SMILES string of the molecule is CCCNc1cnc(C(=O)NCC2CCCCC2C)cn1. The van der Waals surface area contributed by atoms with E-state index >= 15 is 0 Å². The minimum absolute atomic E-state index is 0.123. The topological polar surface area (TPSA) is 66.9 Å². The van der Waals surface area contributed by atoms with Crippen molar-refractivity contribution < 1.29 is 4.79 Å². The number of nitrogens with one attached hydrogen (secondary N) is 2. The molecule has 1 aromatic heterocycles. The second-order valence-corrected chi connectivity index (χ2v) is 5.95. The summed E-state index contributed by atoms with van der Waals surface area (Å²) >= 11 is 0. The number of rotatable bonds is 6. The number of amides is 1. The number of carbonyl (C=O) groups excluding carboxylic acids is 1. The zero-order valence-electron chi connectivity index (χ0n) is 13.1. The Hall–Kier alpha value is -1.65. The Bertz CT molecular complexity index is 446. The lowest BCUT2D eigenvalue weighted by Crippen LogP contribution is -2.33. The fourth-order valence-corrected chi connectivity index (χ4v) is 2.80. The molecule has 2 unspecified atom stereocenters. The Labute approximate surface area is 127 Å². The highest BCUT2D eigenvalue weighted by molar-refractivity contribution is 5.91. The first-order valence-electron chi connectivity index (χ1n) is 8.04. The molecule has 0 radical (unpaired) electrons. The first-order chi connectivity index (χ1) is 10.2.